The lowest BCUT2D eigenvalue weighted by Crippen LogP contribution is -2.35. The van der Waals surface area contributed by atoms with Gasteiger partial charge in [-0.1, -0.05) is 28.9 Å². The number of aliphatic hydroxyl groups excluding tert-OH is 1. The van der Waals surface area contributed by atoms with Gasteiger partial charge in [-0.05, 0) is 49.7 Å². The van der Waals surface area contributed by atoms with Crippen molar-refractivity contribution in [1.82, 2.24) is 24.5 Å². The topological polar surface area (TPSA) is 130 Å². The number of halogens is 7. The molecule has 0 aliphatic heterocycles. The molecule has 0 saturated heterocycles. The Bertz CT molecular complexity index is 1690. The van der Waals surface area contributed by atoms with Gasteiger partial charge in [-0.15, -0.1) is 5.10 Å². The zero-order valence-electron chi connectivity index (χ0n) is 22.2. The number of aromatic nitrogens is 5. The van der Waals surface area contributed by atoms with Crippen LogP contribution in [0.3, 0.4) is 0 Å². The van der Waals surface area contributed by atoms with Crippen LogP contribution in [0.1, 0.15) is 46.6 Å². The molecular formula is C27H21ClF6N6O3. The molecule has 2 aromatic heterocycles. The van der Waals surface area contributed by atoms with Crippen LogP contribution < -0.4 is 0 Å². The Morgan fingerprint density at radius 2 is 1.63 bits per heavy atom. The molecule has 226 valence electrons. The summed E-state index contributed by atoms with van der Waals surface area (Å²) in [5, 5.41) is 37.8. The lowest BCUT2D eigenvalue weighted by molar-refractivity contribution is -0.143. The molecule has 0 unspecified atom stereocenters. The SMILES string of the molecule is CC(C)(O)C(=N)/C(C(=O)c1nnn(Cc2cc(C(F)(F)F)cc(C(F)(F)F)c2)c1-n1ccnc1)=C(\O)c1ccccc1Cl. The summed E-state index contributed by atoms with van der Waals surface area (Å²) in [6, 6.07) is 6.78. The number of benzene rings is 2. The lowest BCUT2D eigenvalue weighted by atomic mass is 9.89. The summed E-state index contributed by atoms with van der Waals surface area (Å²) in [6.07, 6.45) is -6.45. The maximum Gasteiger partial charge on any atom is 0.416 e. The Labute approximate surface area is 244 Å². The molecule has 9 nitrogen and oxygen atoms in total. The van der Waals surface area contributed by atoms with E-state index in [4.69, 9.17) is 17.0 Å². The van der Waals surface area contributed by atoms with Crippen molar-refractivity contribution in [2.45, 2.75) is 38.3 Å². The molecule has 0 radical (unpaired) electrons. The first-order chi connectivity index (χ1) is 19.9. The van der Waals surface area contributed by atoms with Gasteiger partial charge in [0.2, 0.25) is 5.78 Å². The first kappa shape index (κ1) is 31.4. The Balaban J connectivity index is 1.92. The van der Waals surface area contributed by atoms with Crippen LogP contribution in [-0.4, -0.2) is 51.9 Å². The maximum absolute atomic E-state index is 14.0. The summed E-state index contributed by atoms with van der Waals surface area (Å²) >= 11 is 6.19. The third-order valence-corrected chi connectivity index (χ3v) is 6.44. The number of hydrogen-bond donors (Lipinski definition) is 3. The number of aliphatic hydroxyl groups is 2. The minimum atomic E-state index is -5.10. The van der Waals surface area contributed by atoms with Crippen molar-refractivity contribution < 1.29 is 41.4 Å². The quantitative estimate of drug-likeness (QED) is 0.0708. The third kappa shape index (κ3) is 6.62. The predicted molar refractivity (Wildman–Crippen MR) is 142 cm³/mol. The Morgan fingerprint density at radius 3 is 2.14 bits per heavy atom. The van der Waals surface area contributed by atoms with E-state index in [-0.39, 0.29) is 22.5 Å². The summed E-state index contributed by atoms with van der Waals surface area (Å²) in [4.78, 5) is 17.8. The Hall–Kier alpha value is -4.50. The van der Waals surface area contributed by atoms with E-state index in [1.807, 2.05) is 0 Å². The van der Waals surface area contributed by atoms with Gasteiger partial charge in [-0.25, -0.2) is 9.67 Å². The van der Waals surface area contributed by atoms with Crippen LogP contribution in [0.4, 0.5) is 26.3 Å². The minimum Gasteiger partial charge on any atom is -0.506 e. The Morgan fingerprint density at radius 1 is 1.02 bits per heavy atom. The van der Waals surface area contributed by atoms with Gasteiger partial charge in [0.15, 0.2) is 11.5 Å². The monoisotopic (exact) mass is 626 g/mol. The number of rotatable bonds is 8. The van der Waals surface area contributed by atoms with E-state index < -0.39 is 69.7 Å². The molecule has 0 saturated carbocycles. The van der Waals surface area contributed by atoms with Gasteiger partial charge in [0, 0.05) is 18.0 Å². The first-order valence-corrected chi connectivity index (χ1v) is 12.5. The summed E-state index contributed by atoms with van der Waals surface area (Å²) < 4.78 is 82.8. The number of carbonyl (C=O) groups is 1. The highest BCUT2D eigenvalue weighted by Gasteiger charge is 2.38. The maximum atomic E-state index is 14.0. The van der Waals surface area contributed by atoms with Gasteiger partial charge < -0.3 is 15.6 Å². The molecule has 4 aromatic rings. The molecule has 2 aromatic carbocycles. The van der Waals surface area contributed by atoms with Gasteiger partial charge in [0.1, 0.15) is 17.7 Å². The molecule has 0 bridgehead atoms. The second-order valence-corrected chi connectivity index (χ2v) is 10.2. The van der Waals surface area contributed by atoms with E-state index in [2.05, 4.69) is 15.3 Å². The molecule has 0 aliphatic carbocycles. The zero-order valence-corrected chi connectivity index (χ0v) is 22.9. The number of Topliss-reactive ketones (excluding diaryl/α,β-unsaturated/α-hetero) is 1. The fourth-order valence-electron chi connectivity index (χ4n) is 4.04. The van der Waals surface area contributed by atoms with Crippen molar-refractivity contribution in [3.8, 4) is 5.82 Å². The van der Waals surface area contributed by atoms with E-state index in [0.717, 1.165) is 11.0 Å². The largest absolute Gasteiger partial charge is 0.506 e. The van der Waals surface area contributed by atoms with Crippen molar-refractivity contribution in [3.05, 3.63) is 99.7 Å². The molecule has 43 heavy (non-hydrogen) atoms. The van der Waals surface area contributed by atoms with E-state index in [1.54, 1.807) is 6.07 Å². The van der Waals surface area contributed by atoms with E-state index in [1.165, 1.54) is 49.0 Å². The van der Waals surface area contributed by atoms with Crippen molar-refractivity contribution >= 4 is 28.9 Å². The molecule has 16 heteroatoms. The van der Waals surface area contributed by atoms with Gasteiger partial charge in [-0.3, -0.25) is 9.36 Å². The molecule has 0 spiro atoms. The summed E-state index contributed by atoms with van der Waals surface area (Å²) in [5.74, 6) is -2.21. The number of carbonyl (C=O) groups excluding carboxylic acids is 1. The predicted octanol–water partition coefficient (Wildman–Crippen LogP) is 6.15. The molecule has 0 fully saturated rings. The highest BCUT2D eigenvalue weighted by molar-refractivity contribution is 6.35. The molecule has 0 amide bonds. The molecule has 0 aliphatic rings. The van der Waals surface area contributed by atoms with Gasteiger partial charge in [0.25, 0.3) is 0 Å². The van der Waals surface area contributed by atoms with Crippen LogP contribution >= 0.6 is 11.6 Å². The van der Waals surface area contributed by atoms with Crippen molar-refractivity contribution in [3.63, 3.8) is 0 Å². The van der Waals surface area contributed by atoms with Crippen molar-refractivity contribution in [2.75, 3.05) is 0 Å². The number of nitrogens with one attached hydrogen (secondary N) is 1. The standard InChI is InChI=1S/C27H21ClF6N6O3/c1-25(2,43)23(35)19(21(41)17-5-3-4-6-18(17)28)22(42)20-24(39-8-7-36-13-39)40(38-37-20)12-14-9-15(26(29,30)31)11-16(10-14)27(32,33)34/h3-11,13,35,41,43H,12H2,1-2H3/b21-19-,35-23?. The average Bonchev–Trinajstić information content (AvgIpc) is 3.57. The van der Waals surface area contributed by atoms with Gasteiger partial charge in [0.05, 0.1) is 34.0 Å². The molecule has 4 rings (SSSR count). The molecule has 2 heterocycles. The fourth-order valence-corrected chi connectivity index (χ4v) is 4.26. The van der Waals surface area contributed by atoms with Crippen LogP contribution in [0.25, 0.3) is 11.6 Å². The normalized spacial score (nSPS) is 13.2. The van der Waals surface area contributed by atoms with Crippen LogP contribution in [-0.2, 0) is 18.9 Å². The van der Waals surface area contributed by atoms with Crippen LogP contribution in [0.15, 0.2) is 66.8 Å². The third-order valence-electron chi connectivity index (χ3n) is 6.11. The van der Waals surface area contributed by atoms with Crippen LogP contribution in [0.2, 0.25) is 5.02 Å². The number of alkyl halides is 6. The molecule has 3 N–H and O–H groups in total. The number of nitrogens with zero attached hydrogens (tertiary/aromatic N) is 5. The summed E-state index contributed by atoms with van der Waals surface area (Å²) in [6.45, 7) is 1.66. The van der Waals surface area contributed by atoms with Gasteiger partial charge >= 0.3 is 12.4 Å². The summed E-state index contributed by atoms with van der Waals surface area (Å²) in [7, 11) is 0. The van der Waals surface area contributed by atoms with Gasteiger partial charge in [-0.2, -0.15) is 26.3 Å². The summed E-state index contributed by atoms with van der Waals surface area (Å²) in [5.41, 5.74) is -7.65. The molecular weight excluding hydrogens is 606 g/mol. The first-order valence-electron chi connectivity index (χ1n) is 12.1. The number of hydrogen-bond acceptors (Lipinski definition) is 7. The zero-order chi connectivity index (χ0) is 31.9. The number of ketones is 1. The second-order valence-electron chi connectivity index (χ2n) is 9.77. The molecule has 0 atom stereocenters. The van der Waals surface area contributed by atoms with Crippen molar-refractivity contribution in [2.24, 2.45) is 0 Å². The van der Waals surface area contributed by atoms with E-state index in [9.17, 15) is 41.4 Å². The highest BCUT2D eigenvalue weighted by atomic mass is 35.5. The lowest BCUT2D eigenvalue weighted by Gasteiger charge is -2.21. The Kier molecular flexibility index (Phi) is 8.26. The van der Waals surface area contributed by atoms with Crippen molar-refractivity contribution in [1.29, 1.82) is 5.41 Å². The minimum absolute atomic E-state index is 0.00246. The second kappa shape index (κ2) is 11.3. The van der Waals surface area contributed by atoms with Crippen LogP contribution in [0, 0.1) is 5.41 Å². The van der Waals surface area contributed by atoms with Crippen LogP contribution in [0.5, 0.6) is 0 Å². The fraction of sp³-hybridized carbons (Fsp3) is 0.222. The number of imidazole rings is 1. The highest BCUT2D eigenvalue weighted by Crippen LogP contribution is 2.37. The average molecular weight is 627 g/mol. The van der Waals surface area contributed by atoms with E-state index >= 15 is 0 Å². The van der Waals surface area contributed by atoms with E-state index in [0.29, 0.717) is 12.1 Å². The smallest absolute Gasteiger partial charge is 0.416 e.